The number of aliphatic hydroxyl groups excluding tert-OH is 1. The van der Waals surface area contributed by atoms with Crippen molar-refractivity contribution in [2.24, 2.45) is 0 Å². The fraction of sp³-hybridized carbons (Fsp3) is 0.562. The molecule has 2 heterocycles. The summed E-state index contributed by atoms with van der Waals surface area (Å²) in [6, 6.07) is 0. The van der Waals surface area contributed by atoms with E-state index in [2.05, 4.69) is 23.7 Å². The number of aliphatic hydroxyl groups is 1. The monoisotopic (exact) mass is 290 g/mol. The van der Waals surface area contributed by atoms with Gasteiger partial charge in [-0.15, -0.1) is 0 Å². The normalized spacial score (nSPS) is 32.6. The highest BCUT2D eigenvalue weighted by Gasteiger charge is 2.56. The van der Waals surface area contributed by atoms with E-state index in [0.717, 1.165) is 12.8 Å². The molecule has 0 radical (unpaired) electrons. The first kappa shape index (κ1) is 15.4. The molecule has 2 aliphatic heterocycles. The number of carbonyl (C=O) groups is 1. The predicted molar refractivity (Wildman–Crippen MR) is 74.5 cm³/mol. The molecule has 0 amide bonds. The van der Waals surface area contributed by atoms with Gasteiger partial charge in [-0.2, -0.15) is 0 Å². The zero-order valence-electron chi connectivity index (χ0n) is 12.1. The Morgan fingerprint density at radius 3 is 2.90 bits per heavy atom. The lowest BCUT2D eigenvalue weighted by atomic mass is 9.98. The second-order valence-electron chi connectivity index (χ2n) is 4.89. The van der Waals surface area contributed by atoms with Crippen LogP contribution in [0.2, 0.25) is 0 Å². The molecular weight excluding hydrogens is 272 g/mol. The Labute approximate surface area is 124 Å². The van der Waals surface area contributed by atoms with Gasteiger partial charge in [0.15, 0.2) is 18.0 Å². The fourth-order valence-electron chi connectivity index (χ4n) is 2.43. The van der Waals surface area contributed by atoms with Gasteiger partial charge in [-0.05, 0) is 31.6 Å². The van der Waals surface area contributed by atoms with Gasteiger partial charge in [-0.3, -0.25) is 4.79 Å². The van der Waals surface area contributed by atoms with Crippen molar-refractivity contribution in [3.63, 3.8) is 0 Å². The highest BCUT2D eigenvalue weighted by atomic mass is 16.7. The minimum Gasteiger partial charge on any atom is -0.459 e. The van der Waals surface area contributed by atoms with Gasteiger partial charge in [-0.1, -0.05) is 11.8 Å². The highest BCUT2D eigenvalue weighted by Crippen LogP contribution is 2.42. The van der Waals surface area contributed by atoms with Crippen molar-refractivity contribution in [1.29, 1.82) is 0 Å². The van der Waals surface area contributed by atoms with Gasteiger partial charge in [-0.25, -0.2) is 0 Å². The Hall–Kier alpha value is -1.95. The summed E-state index contributed by atoms with van der Waals surface area (Å²) in [6.45, 7) is 3.47. The first-order chi connectivity index (χ1) is 10.1. The van der Waals surface area contributed by atoms with E-state index in [4.69, 9.17) is 14.2 Å². The molecule has 2 saturated heterocycles. The van der Waals surface area contributed by atoms with E-state index in [9.17, 15) is 9.90 Å². The SMILES string of the molecule is CC#CC#CC=C1OC2(CCCCO2)C(O)C1OC(C)=O. The van der Waals surface area contributed by atoms with Crippen molar-refractivity contribution in [2.45, 2.75) is 51.1 Å². The molecule has 0 aliphatic carbocycles. The van der Waals surface area contributed by atoms with Crippen LogP contribution in [0.25, 0.3) is 0 Å². The number of ether oxygens (including phenoxy) is 3. The van der Waals surface area contributed by atoms with Crippen LogP contribution in [0.5, 0.6) is 0 Å². The Morgan fingerprint density at radius 2 is 2.29 bits per heavy atom. The van der Waals surface area contributed by atoms with Crippen LogP contribution >= 0.6 is 0 Å². The van der Waals surface area contributed by atoms with E-state index in [1.807, 2.05) is 0 Å². The lowest BCUT2D eigenvalue weighted by Gasteiger charge is -2.34. The van der Waals surface area contributed by atoms with Crippen molar-refractivity contribution < 1.29 is 24.1 Å². The van der Waals surface area contributed by atoms with Gasteiger partial charge < -0.3 is 19.3 Å². The molecule has 1 N–H and O–H groups in total. The maximum Gasteiger partial charge on any atom is 0.303 e. The first-order valence-electron chi connectivity index (χ1n) is 6.89. The summed E-state index contributed by atoms with van der Waals surface area (Å²) in [5.74, 6) is 9.23. The lowest BCUT2D eigenvalue weighted by Crippen LogP contribution is -2.48. The molecule has 2 aliphatic rings. The van der Waals surface area contributed by atoms with Gasteiger partial charge in [0, 0.05) is 19.4 Å². The molecule has 112 valence electrons. The molecular formula is C16H18O5. The Kier molecular flexibility index (Phi) is 4.90. The highest BCUT2D eigenvalue weighted by molar-refractivity contribution is 5.66. The third-order valence-corrected chi connectivity index (χ3v) is 3.34. The quantitative estimate of drug-likeness (QED) is 0.579. The summed E-state index contributed by atoms with van der Waals surface area (Å²) in [5.41, 5.74) is 0. The van der Waals surface area contributed by atoms with Crippen LogP contribution in [0.4, 0.5) is 0 Å². The van der Waals surface area contributed by atoms with E-state index in [1.54, 1.807) is 6.92 Å². The van der Waals surface area contributed by atoms with E-state index in [-0.39, 0.29) is 0 Å². The number of hydrogen-bond acceptors (Lipinski definition) is 5. The summed E-state index contributed by atoms with van der Waals surface area (Å²) in [7, 11) is 0. The van der Waals surface area contributed by atoms with Crippen LogP contribution in [-0.4, -0.2) is 35.7 Å². The van der Waals surface area contributed by atoms with Crippen LogP contribution in [0.1, 0.15) is 33.1 Å². The largest absolute Gasteiger partial charge is 0.459 e. The first-order valence-corrected chi connectivity index (χ1v) is 6.89. The molecule has 5 heteroatoms. The van der Waals surface area contributed by atoms with E-state index < -0.39 is 24.0 Å². The molecule has 0 aromatic heterocycles. The summed E-state index contributed by atoms with van der Waals surface area (Å²) in [4.78, 5) is 11.2. The molecule has 2 fully saturated rings. The standard InChI is InChI=1S/C16H18O5/c1-3-4-5-6-9-13-14(20-12(2)17)15(18)16(21-13)10-7-8-11-19-16/h9,14-15,18H,7-8,10-11H2,1-2H3. The molecule has 0 aromatic rings. The summed E-state index contributed by atoms with van der Waals surface area (Å²) < 4.78 is 16.5. The molecule has 3 unspecified atom stereocenters. The van der Waals surface area contributed by atoms with Gasteiger partial charge in [0.05, 0.1) is 6.61 Å². The molecule has 3 atom stereocenters. The fourth-order valence-corrected chi connectivity index (χ4v) is 2.43. The van der Waals surface area contributed by atoms with Gasteiger partial charge in [0.2, 0.25) is 5.79 Å². The van der Waals surface area contributed by atoms with Crippen molar-refractivity contribution in [3.05, 3.63) is 11.8 Å². The lowest BCUT2D eigenvalue weighted by molar-refractivity contribution is -0.257. The smallest absolute Gasteiger partial charge is 0.303 e. The Bertz CT molecular complexity index is 549. The molecule has 21 heavy (non-hydrogen) atoms. The van der Waals surface area contributed by atoms with E-state index >= 15 is 0 Å². The van der Waals surface area contributed by atoms with Crippen molar-refractivity contribution in [3.8, 4) is 23.7 Å². The number of esters is 1. The summed E-state index contributed by atoms with van der Waals surface area (Å²) >= 11 is 0. The second kappa shape index (κ2) is 6.67. The van der Waals surface area contributed by atoms with Crippen molar-refractivity contribution in [2.75, 3.05) is 6.61 Å². The predicted octanol–water partition coefficient (Wildman–Crippen LogP) is 1.12. The molecule has 5 nitrogen and oxygen atoms in total. The van der Waals surface area contributed by atoms with Crippen LogP contribution in [0, 0.1) is 23.7 Å². The number of rotatable bonds is 1. The van der Waals surface area contributed by atoms with Crippen LogP contribution in [0.15, 0.2) is 11.8 Å². The molecule has 0 aromatic carbocycles. The van der Waals surface area contributed by atoms with Crippen LogP contribution in [0.3, 0.4) is 0 Å². The van der Waals surface area contributed by atoms with Crippen molar-refractivity contribution in [1.82, 2.24) is 0 Å². The zero-order valence-corrected chi connectivity index (χ0v) is 12.1. The number of allylic oxidation sites excluding steroid dienone is 1. The zero-order chi connectivity index (χ0) is 15.3. The summed E-state index contributed by atoms with van der Waals surface area (Å²) in [5, 5.41) is 10.4. The number of carbonyl (C=O) groups excluding carboxylic acids is 1. The van der Waals surface area contributed by atoms with Crippen molar-refractivity contribution >= 4 is 5.97 Å². The van der Waals surface area contributed by atoms with Gasteiger partial charge in [0.25, 0.3) is 0 Å². The molecule has 2 rings (SSSR count). The minimum atomic E-state index is -1.14. The average Bonchev–Trinajstić information content (AvgIpc) is 2.70. The average molecular weight is 290 g/mol. The number of hydrogen-bond donors (Lipinski definition) is 1. The topological polar surface area (TPSA) is 65.0 Å². The Morgan fingerprint density at radius 1 is 1.48 bits per heavy atom. The third-order valence-electron chi connectivity index (χ3n) is 3.34. The minimum absolute atomic E-state index is 0.296. The molecule has 0 saturated carbocycles. The Balaban J connectivity index is 2.26. The van der Waals surface area contributed by atoms with E-state index in [1.165, 1.54) is 13.0 Å². The third kappa shape index (κ3) is 3.39. The summed E-state index contributed by atoms with van der Waals surface area (Å²) in [6.07, 6.45) is 1.85. The van der Waals surface area contributed by atoms with Gasteiger partial charge in [0.1, 0.15) is 0 Å². The molecule has 1 spiro atoms. The van der Waals surface area contributed by atoms with E-state index in [0.29, 0.717) is 18.8 Å². The maximum absolute atomic E-state index is 11.2. The van der Waals surface area contributed by atoms with Crippen LogP contribution < -0.4 is 0 Å². The van der Waals surface area contributed by atoms with Gasteiger partial charge >= 0.3 is 5.97 Å². The second-order valence-corrected chi connectivity index (χ2v) is 4.89. The maximum atomic E-state index is 11.2. The molecule has 0 bridgehead atoms. The van der Waals surface area contributed by atoms with Crippen LogP contribution in [-0.2, 0) is 19.0 Å².